The predicted molar refractivity (Wildman–Crippen MR) is 114 cm³/mol. The normalized spacial score (nSPS) is 18.1. The number of benzene rings is 2. The largest absolute Gasteiger partial charge is 0.748 e. The average Bonchev–Trinajstić information content (AvgIpc) is 3.25. The van der Waals surface area contributed by atoms with Gasteiger partial charge in [-0.05, 0) is 12.0 Å². The summed E-state index contributed by atoms with van der Waals surface area (Å²) in [4.78, 5) is 7.11. The molecule has 0 saturated carbocycles. The molecule has 2 aromatic carbocycles. The van der Waals surface area contributed by atoms with Gasteiger partial charge in [0.25, 0.3) is 0 Å². The van der Waals surface area contributed by atoms with E-state index in [-0.39, 0.29) is 0 Å². The molecule has 154 valence electrons. The fourth-order valence-corrected chi connectivity index (χ4v) is 3.53. The van der Waals surface area contributed by atoms with Gasteiger partial charge in [-0.15, -0.1) is 0 Å². The van der Waals surface area contributed by atoms with Gasteiger partial charge in [-0.25, -0.2) is 8.42 Å². The van der Waals surface area contributed by atoms with Crippen LogP contribution in [-0.4, -0.2) is 50.1 Å². The molecular weight excluding hydrogens is 388 g/mol. The van der Waals surface area contributed by atoms with E-state index in [1.165, 1.54) is 22.2 Å². The standard InChI is InChI=1S/C21H22N2O.CH4O3S/c1-23-14-18(21-19-10-6-5-9-17(19)15-24-21)13-20(23)22-12-11-16-7-3-2-4-8-16;1-5(2,3)4/h2-10,15,18H,11-14H2,1H3;1H3,(H,2,3,4)/p-1. The van der Waals surface area contributed by atoms with Gasteiger partial charge in [0, 0.05) is 49.5 Å². The van der Waals surface area contributed by atoms with Crippen LogP contribution in [0, 0.1) is 0 Å². The molecule has 29 heavy (non-hydrogen) atoms. The lowest BCUT2D eigenvalue weighted by Gasteiger charge is -2.11. The Morgan fingerprint density at radius 2 is 1.79 bits per heavy atom. The summed E-state index contributed by atoms with van der Waals surface area (Å²) in [6.07, 6.45) is 4.43. The Labute approximate surface area is 171 Å². The van der Waals surface area contributed by atoms with E-state index in [0.717, 1.165) is 31.7 Å². The van der Waals surface area contributed by atoms with E-state index < -0.39 is 10.1 Å². The molecule has 1 fully saturated rings. The summed E-state index contributed by atoms with van der Waals surface area (Å²) in [5.74, 6) is 2.69. The third-order valence-electron chi connectivity index (χ3n) is 4.81. The monoisotopic (exact) mass is 413 g/mol. The van der Waals surface area contributed by atoms with Crippen LogP contribution < -0.4 is 0 Å². The number of hydrogen-bond acceptors (Lipinski definition) is 5. The first-order valence-corrected chi connectivity index (χ1v) is 11.3. The predicted octanol–water partition coefficient (Wildman–Crippen LogP) is 3.65. The van der Waals surface area contributed by atoms with Crippen molar-refractivity contribution in [2.45, 2.75) is 18.8 Å². The smallest absolute Gasteiger partial charge is 0.116 e. The van der Waals surface area contributed by atoms with E-state index in [2.05, 4.69) is 66.5 Å². The summed E-state index contributed by atoms with van der Waals surface area (Å²) in [6.45, 7) is 1.82. The number of likely N-dealkylation sites (tertiary alicyclic amines) is 1. The number of nitrogens with zero attached hydrogens (tertiary/aromatic N) is 2. The molecule has 1 atom stereocenters. The molecule has 0 N–H and O–H groups in total. The molecule has 0 spiro atoms. The van der Waals surface area contributed by atoms with Crippen molar-refractivity contribution in [3.63, 3.8) is 0 Å². The number of amidine groups is 1. The number of aliphatic imine (C=N–C) groups is 1. The zero-order valence-electron chi connectivity index (χ0n) is 16.6. The first-order chi connectivity index (χ1) is 13.8. The molecule has 0 radical (unpaired) electrons. The van der Waals surface area contributed by atoms with Crippen molar-refractivity contribution in [1.29, 1.82) is 0 Å². The zero-order valence-corrected chi connectivity index (χ0v) is 17.4. The van der Waals surface area contributed by atoms with Crippen molar-refractivity contribution in [2.24, 2.45) is 4.99 Å². The number of furan rings is 1. The van der Waals surface area contributed by atoms with E-state index in [0.29, 0.717) is 12.2 Å². The summed E-state index contributed by atoms with van der Waals surface area (Å²) in [5.41, 5.74) is 1.34. The second-order valence-electron chi connectivity index (χ2n) is 7.21. The van der Waals surface area contributed by atoms with Gasteiger partial charge in [-0.3, -0.25) is 4.99 Å². The maximum Gasteiger partial charge on any atom is 0.116 e. The second kappa shape index (κ2) is 9.24. The minimum Gasteiger partial charge on any atom is -0.748 e. The molecule has 6 nitrogen and oxygen atoms in total. The number of fused-ring (bicyclic) bond motifs is 1. The van der Waals surface area contributed by atoms with E-state index in [9.17, 15) is 0 Å². The van der Waals surface area contributed by atoms with Crippen LogP contribution in [0.25, 0.3) is 10.8 Å². The lowest BCUT2D eigenvalue weighted by Crippen LogP contribution is -2.20. The Morgan fingerprint density at radius 3 is 2.52 bits per heavy atom. The maximum atomic E-state index is 9.08. The van der Waals surface area contributed by atoms with Crippen molar-refractivity contribution >= 4 is 26.7 Å². The van der Waals surface area contributed by atoms with Crippen LogP contribution >= 0.6 is 0 Å². The molecular formula is C22H25N2O4S-. The topological polar surface area (TPSA) is 85.9 Å². The fraction of sp³-hybridized carbons (Fsp3) is 0.318. The van der Waals surface area contributed by atoms with Crippen molar-refractivity contribution in [1.82, 2.24) is 4.90 Å². The maximum absolute atomic E-state index is 9.08. The van der Waals surface area contributed by atoms with E-state index in [1.54, 1.807) is 0 Å². The van der Waals surface area contributed by atoms with Gasteiger partial charge in [-0.1, -0.05) is 54.6 Å². The SMILES string of the molecule is CN1CC(c2occ3ccccc23)CC1=NCCc1ccccc1.CS(=O)(=O)[O-]. The molecule has 3 aromatic rings. The summed E-state index contributed by atoms with van der Waals surface area (Å²) in [6, 6.07) is 18.9. The highest BCUT2D eigenvalue weighted by Gasteiger charge is 2.29. The molecule has 0 amide bonds. The van der Waals surface area contributed by atoms with E-state index in [4.69, 9.17) is 22.4 Å². The highest BCUT2D eigenvalue weighted by atomic mass is 32.2. The van der Waals surface area contributed by atoms with Crippen molar-refractivity contribution in [2.75, 3.05) is 26.4 Å². The van der Waals surface area contributed by atoms with Crippen LogP contribution in [0.4, 0.5) is 0 Å². The lowest BCUT2D eigenvalue weighted by molar-refractivity contribution is 0.442. The van der Waals surface area contributed by atoms with Crippen LogP contribution in [-0.2, 0) is 16.5 Å². The van der Waals surface area contributed by atoms with Gasteiger partial charge in [0.15, 0.2) is 0 Å². The molecule has 1 aliphatic rings. The molecule has 1 aromatic heterocycles. The molecule has 1 aliphatic heterocycles. The lowest BCUT2D eigenvalue weighted by atomic mass is 10.0. The average molecular weight is 414 g/mol. The van der Waals surface area contributed by atoms with E-state index >= 15 is 0 Å². The van der Waals surface area contributed by atoms with Crippen molar-refractivity contribution < 1.29 is 17.4 Å². The molecule has 1 saturated heterocycles. The summed E-state index contributed by atoms with van der Waals surface area (Å²) in [7, 11) is -1.79. The van der Waals surface area contributed by atoms with Crippen molar-refractivity contribution in [3.8, 4) is 0 Å². The highest BCUT2D eigenvalue weighted by Crippen LogP contribution is 2.34. The fourth-order valence-electron chi connectivity index (χ4n) is 3.53. The molecule has 0 bridgehead atoms. The molecule has 2 heterocycles. The van der Waals surface area contributed by atoms with Crippen LogP contribution in [0.2, 0.25) is 0 Å². The van der Waals surface area contributed by atoms with Gasteiger partial charge in [0.05, 0.1) is 22.2 Å². The van der Waals surface area contributed by atoms with Crippen molar-refractivity contribution in [3.05, 3.63) is 72.2 Å². The Kier molecular flexibility index (Phi) is 6.71. The first-order valence-electron chi connectivity index (χ1n) is 9.46. The Bertz CT molecular complexity index is 1070. The second-order valence-corrected chi connectivity index (χ2v) is 8.61. The summed E-state index contributed by atoms with van der Waals surface area (Å²) in [5, 5.41) is 2.42. The minimum atomic E-state index is -3.92. The number of likely N-dealkylation sites (N-methyl/N-ethyl adjacent to an activating group) is 1. The quantitative estimate of drug-likeness (QED) is 0.610. The zero-order chi connectivity index (χ0) is 20.9. The van der Waals surface area contributed by atoms with E-state index in [1.807, 2.05) is 6.26 Å². The number of rotatable bonds is 4. The minimum absolute atomic E-state index is 0.394. The van der Waals surface area contributed by atoms with Gasteiger partial charge in [0.1, 0.15) is 5.76 Å². The Balaban J connectivity index is 0.000000431. The number of hydrogen-bond donors (Lipinski definition) is 0. The summed E-state index contributed by atoms with van der Waals surface area (Å²) >= 11 is 0. The van der Waals surface area contributed by atoms with Crippen LogP contribution in [0.15, 0.2) is 70.3 Å². The Hall–Kier alpha value is -2.64. The van der Waals surface area contributed by atoms with Crippen LogP contribution in [0.5, 0.6) is 0 Å². The van der Waals surface area contributed by atoms with Gasteiger partial charge in [-0.2, -0.15) is 0 Å². The third-order valence-corrected chi connectivity index (χ3v) is 4.81. The van der Waals surface area contributed by atoms with Crippen LogP contribution in [0.1, 0.15) is 23.7 Å². The van der Waals surface area contributed by atoms with Gasteiger partial charge >= 0.3 is 0 Å². The molecule has 1 unspecified atom stereocenters. The molecule has 0 aliphatic carbocycles. The van der Waals surface area contributed by atoms with Gasteiger partial charge in [0.2, 0.25) is 0 Å². The first kappa shape index (κ1) is 21.1. The highest BCUT2D eigenvalue weighted by molar-refractivity contribution is 7.84. The molecule has 4 rings (SSSR count). The summed E-state index contributed by atoms with van der Waals surface area (Å²) < 4.78 is 33.1. The Morgan fingerprint density at radius 1 is 1.14 bits per heavy atom. The molecule has 7 heteroatoms. The van der Waals surface area contributed by atoms with Gasteiger partial charge < -0.3 is 13.9 Å². The third kappa shape index (κ3) is 6.17. The van der Waals surface area contributed by atoms with Crippen LogP contribution in [0.3, 0.4) is 0 Å².